The van der Waals surface area contributed by atoms with Crippen molar-refractivity contribution in [3.63, 3.8) is 0 Å². The van der Waals surface area contributed by atoms with Gasteiger partial charge in [0, 0.05) is 31.8 Å². The van der Waals surface area contributed by atoms with Crippen LogP contribution in [0.5, 0.6) is 0 Å². The molecule has 0 saturated carbocycles. The third-order valence-electron chi connectivity index (χ3n) is 3.41. The van der Waals surface area contributed by atoms with Gasteiger partial charge in [-0.15, -0.1) is 0 Å². The van der Waals surface area contributed by atoms with Crippen molar-refractivity contribution >= 4 is 21.6 Å². The molecule has 5 nitrogen and oxygen atoms in total. The van der Waals surface area contributed by atoms with E-state index in [1.54, 1.807) is 25.5 Å². The van der Waals surface area contributed by atoms with Crippen LogP contribution in [0.15, 0.2) is 47.9 Å². The predicted molar refractivity (Wildman–Crippen MR) is 86.0 cm³/mol. The number of nitrogens with zero attached hydrogens (tertiary/aromatic N) is 3. The van der Waals surface area contributed by atoms with Crippen molar-refractivity contribution < 1.29 is 8.42 Å². The molecule has 0 radical (unpaired) electrons. The Labute approximate surface area is 136 Å². The van der Waals surface area contributed by atoms with E-state index in [1.807, 2.05) is 19.9 Å². The van der Waals surface area contributed by atoms with Crippen molar-refractivity contribution in [2.75, 3.05) is 7.05 Å². The lowest BCUT2D eigenvalue weighted by Gasteiger charge is -2.30. The normalized spacial score (nSPS) is 13.5. The van der Waals surface area contributed by atoms with E-state index in [2.05, 4.69) is 9.97 Å². The molecular weight excluding hydrogens is 322 g/mol. The van der Waals surface area contributed by atoms with Crippen LogP contribution in [0.3, 0.4) is 0 Å². The van der Waals surface area contributed by atoms with Crippen LogP contribution in [0.4, 0.5) is 0 Å². The molecule has 0 fully saturated rings. The highest BCUT2D eigenvalue weighted by Crippen LogP contribution is 2.31. The summed E-state index contributed by atoms with van der Waals surface area (Å²) in [6.07, 6.45) is 6.06. The second-order valence-electron chi connectivity index (χ2n) is 5.34. The number of rotatable bonds is 5. The van der Waals surface area contributed by atoms with Crippen LogP contribution >= 0.6 is 11.6 Å². The fraction of sp³-hybridized carbons (Fsp3) is 0.333. The molecule has 0 aliphatic carbocycles. The fourth-order valence-corrected chi connectivity index (χ4v) is 4.12. The topological polar surface area (TPSA) is 63.2 Å². The van der Waals surface area contributed by atoms with Crippen LogP contribution in [0, 0.1) is 5.92 Å². The number of hydrogen-bond acceptors (Lipinski definition) is 4. The van der Waals surface area contributed by atoms with E-state index >= 15 is 0 Å². The van der Waals surface area contributed by atoms with Crippen LogP contribution < -0.4 is 0 Å². The number of halogens is 1. The number of sulfonamides is 1. The van der Waals surface area contributed by atoms with Gasteiger partial charge < -0.3 is 0 Å². The molecule has 0 N–H and O–H groups in total. The Bertz CT molecular complexity index is 735. The highest BCUT2D eigenvalue weighted by atomic mass is 35.5. The Morgan fingerprint density at radius 3 is 2.45 bits per heavy atom. The summed E-state index contributed by atoms with van der Waals surface area (Å²) in [5.41, 5.74) is 0.846. The summed E-state index contributed by atoms with van der Waals surface area (Å²) in [5, 5.41) is 0.289. The van der Waals surface area contributed by atoms with Gasteiger partial charge in [-0.25, -0.2) is 8.42 Å². The van der Waals surface area contributed by atoms with Crippen LogP contribution in [0.25, 0.3) is 0 Å². The summed E-state index contributed by atoms with van der Waals surface area (Å²) in [4.78, 5) is 8.02. The fourth-order valence-electron chi connectivity index (χ4n) is 2.41. The van der Waals surface area contributed by atoms with E-state index in [4.69, 9.17) is 11.6 Å². The molecule has 1 atom stereocenters. The minimum absolute atomic E-state index is 0.0797. The van der Waals surface area contributed by atoms with E-state index in [9.17, 15) is 8.42 Å². The lowest BCUT2D eigenvalue weighted by Crippen LogP contribution is -2.34. The first-order chi connectivity index (χ1) is 10.3. The predicted octanol–water partition coefficient (Wildman–Crippen LogP) is 3.15. The SMILES string of the molecule is CC(C)C(c1cccnc1)N(C)S(=O)(=O)c1cncc(Cl)c1. The molecule has 1 unspecified atom stereocenters. The lowest BCUT2D eigenvalue weighted by molar-refractivity contribution is 0.299. The van der Waals surface area contributed by atoms with Crippen molar-refractivity contribution in [1.82, 2.24) is 14.3 Å². The maximum atomic E-state index is 12.8. The van der Waals surface area contributed by atoms with Crippen molar-refractivity contribution in [3.05, 3.63) is 53.6 Å². The third kappa shape index (κ3) is 3.45. The average molecular weight is 340 g/mol. The summed E-state index contributed by atoms with van der Waals surface area (Å²) in [6.45, 7) is 3.94. The largest absolute Gasteiger partial charge is 0.264 e. The molecule has 0 aromatic carbocycles. The summed E-state index contributed by atoms with van der Waals surface area (Å²) in [6, 6.07) is 4.75. The Morgan fingerprint density at radius 2 is 1.91 bits per heavy atom. The Kier molecular flexibility index (Phi) is 5.16. The van der Waals surface area contributed by atoms with Gasteiger partial charge in [-0.05, 0) is 23.6 Å². The molecule has 0 saturated heterocycles. The molecule has 22 heavy (non-hydrogen) atoms. The molecule has 0 aliphatic heterocycles. The first-order valence-corrected chi connectivity index (χ1v) is 8.64. The second-order valence-corrected chi connectivity index (χ2v) is 7.77. The second kappa shape index (κ2) is 6.73. The van der Waals surface area contributed by atoms with Gasteiger partial charge in [-0.2, -0.15) is 4.31 Å². The molecule has 0 spiro atoms. The van der Waals surface area contributed by atoms with Crippen molar-refractivity contribution in [3.8, 4) is 0 Å². The minimum Gasteiger partial charge on any atom is -0.264 e. The molecule has 0 amide bonds. The molecule has 2 rings (SSSR count). The highest BCUT2D eigenvalue weighted by Gasteiger charge is 2.31. The van der Waals surface area contributed by atoms with Crippen LogP contribution in [0.2, 0.25) is 5.02 Å². The Morgan fingerprint density at radius 1 is 1.18 bits per heavy atom. The van der Waals surface area contributed by atoms with Gasteiger partial charge in [0.25, 0.3) is 0 Å². The molecule has 118 valence electrons. The quantitative estimate of drug-likeness (QED) is 0.839. The van der Waals surface area contributed by atoms with Crippen molar-refractivity contribution in [1.29, 1.82) is 0 Å². The maximum absolute atomic E-state index is 12.8. The van der Waals surface area contributed by atoms with Crippen LogP contribution in [0.1, 0.15) is 25.5 Å². The van der Waals surface area contributed by atoms with Gasteiger partial charge in [0.05, 0.1) is 11.1 Å². The highest BCUT2D eigenvalue weighted by molar-refractivity contribution is 7.89. The van der Waals surface area contributed by atoms with E-state index in [-0.39, 0.29) is 21.9 Å². The molecule has 0 aliphatic rings. The van der Waals surface area contributed by atoms with Crippen LogP contribution in [-0.2, 0) is 10.0 Å². The van der Waals surface area contributed by atoms with E-state index in [0.717, 1.165) is 5.56 Å². The summed E-state index contributed by atoms with van der Waals surface area (Å²) in [5.74, 6) is 0.0797. The third-order valence-corrected chi connectivity index (χ3v) is 5.42. The smallest absolute Gasteiger partial charge is 0.244 e. The summed E-state index contributed by atoms with van der Waals surface area (Å²) < 4.78 is 27.0. The van der Waals surface area contributed by atoms with Crippen molar-refractivity contribution in [2.24, 2.45) is 5.92 Å². The molecule has 7 heteroatoms. The molecule has 2 heterocycles. The monoisotopic (exact) mass is 339 g/mol. The van der Waals surface area contributed by atoms with Gasteiger partial charge in [0.1, 0.15) is 4.90 Å². The first-order valence-electron chi connectivity index (χ1n) is 6.82. The molecule has 2 aromatic rings. The number of hydrogen-bond donors (Lipinski definition) is 0. The summed E-state index contributed by atoms with van der Waals surface area (Å²) in [7, 11) is -2.13. The molecule has 0 bridgehead atoms. The lowest BCUT2D eigenvalue weighted by atomic mass is 9.98. The van der Waals surface area contributed by atoms with E-state index in [1.165, 1.54) is 22.8 Å². The number of pyridine rings is 2. The Balaban J connectivity index is 2.45. The van der Waals surface area contributed by atoms with Crippen LogP contribution in [-0.4, -0.2) is 29.7 Å². The molecular formula is C15H18ClN3O2S. The van der Waals surface area contributed by atoms with Gasteiger partial charge >= 0.3 is 0 Å². The standard InChI is InChI=1S/C15H18ClN3O2S/c1-11(2)15(12-5-4-6-17-8-12)19(3)22(20,21)14-7-13(16)9-18-10-14/h4-11,15H,1-3H3. The molecule has 2 aromatic heterocycles. The zero-order valence-electron chi connectivity index (χ0n) is 12.6. The van der Waals surface area contributed by atoms with E-state index < -0.39 is 10.0 Å². The first kappa shape index (κ1) is 16.9. The summed E-state index contributed by atoms with van der Waals surface area (Å²) >= 11 is 5.86. The van der Waals surface area contributed by atoms with Crippen molar-refractivity contribution in [2.45, 2.75) is 24.8 Å². The van der Waals surface area contributed by atoms with Gasteiger partial charge in [-0.1, -0.05) is 31.5 Å². The minimum atomic E-state index is -3.70. The van der Waals surface area contributed by atoms with Gasteiger partial charge in [-0.3, -0.25) is 9.97 Å². The average Bonchev–Trinajstić information content (AvgIpc) is 2.48. The van der Waals surface area contributed by atoms with E-state index in [0.29, 0.717) is 0 Å². The maximum Gasteiger partial charge on any atom is 0.244 e. The zero-order chi connectivity index (χ0) is 16.3. The zero-order valence-corrected chi connectivity index (χ0v) is 14.2. The Hall–Kier alpha value is -1.50. The number of aromatic nitrogens is 2. The van der Waals surface area contributed by atoms with Gasteiger partial charge in [0.2, 0.25) is 10.0 Å². The van der Waals surface area contributed by atoms with Gasteiger partial charge in [0.15, 0.2) is 0 Å².